The summed E-state index contributed by atoms with van der Waals surface area (Å²) in [7, 11) is 0. The molecule has 0 amide bonds. The number of hydrogen-bond donors (Lipinski definition) is 1. The van der Waals surface area contributed by atoms with Crippen LogP contribution in [0.3, 0.4) is 0 Å². The number of benzene rings is 2. The van der Waals surface area contributed by atoms with Gasteiger partial charge in [0.15, 0.2) is 0 Å². The van der Waals surface area contributed by atoms with Crippen molar-refractivity contribution in [3.8, 4) is 0 Å². The quantitative estimate of drug-likeness (QED) is 0.852. The highest BCUT2D eigenvalue weighted by Crippen LogP contribution is 2.36. The molecule has 2 unspecified atom stereocenters. The third-order valence-electron chi connectivity index (χ3n) is 4.50. The number of rotatable bonds is 3. The molecule has 2 heteroatoms. The molecular formula is C19H22BrN. The molecule has 2 aromatic carbocycles. The van der Waals surface area contributed by atoms with Gasteiger partial charge in [0.25, 0.3) is 0 Å². The van der Waals surface area contributed by atoms with Gasteiger partial charge in [0.2, 0.25) is 0 Å². The number of aryl methyl sites for hydroxylation is 1. The Bertz CT molecular complexity index is 594. The zero-order chi connectivity index (χ0) is 14.7. The minimum atomic E-state index is 0.640. The molecule has 2 atom stereocenters. The van der Waals surface area contributed by atoms with Gasteiger partial charge < -0.3 is 5.32 Å². The van der Waals surface area contributed by atoms with Crippen LogP contribution in [-0.4, -0.2) is 13.1 Å². The molecule has 21 heavy (non-hydrogen) atoms. The van der Waals surface area contributed by atoms with Crippen molar-refractivity contribution >= 4 is 15.9 Å². The largest absolute Gasteiger partial charge is 0.316 e. The van der Waals surface area contributed by atoms with Gasteiger partial charge in [-0.15, -0.1) is 0 Å². The van der Waals surface area contributed by atoms with E-state index in [4.69, 9.17) is 0 Å². The maximum absolute atomic E-state index is 3.78. The molecule has 0 saturated carbocycles. The summed E-state index contributed by atoms with van der Waals surface area (Å²) in [5.41, 5.74) is 4.24. The standard InChI is InChI=1S/C19H22BrN/c1-14-7-8-18(19(20)11-14)17-9-10-21-13-16(17)12-15-5-3-2-4-6-15/h2-8,11,16-17,21H,9-10,12-13H2,1H3. The van der Waals surface area contributed by atoms with Gasteiger partial charge in [-0.1, -0.05) is 58.4 Å². The van der Waals surface area contributed by atoms with E-state index in [0.29, 0.717) is 11.8 Å². The van der Waals surface area contributed by atoms with Crippen molar-refractivity contribution in [2.75, 3.05) is 13.1 Å². The molecule has 1 nitrogen and oxygen atoms in total. The van der Waals surface area contributed by atoms with Crippen LogP contribution in [0.15, 0.2) is 53.0 Å². The van der Waals surface area contributed by atoms with E-state index >= 15 is 0 Å². The molecule has 1 saturated heterocycles. The molecule has 0 spiro atoms. The first-order valence-corrected chi connectivity index (χ1v) is 8.54. The summed E-state index contributed by atoms with van der Waals surface area (Å²) in [6, 6.07) is 17.7. The van der Waals surface area contributed by atoms with E-state index in [9.17, 15) is 0 Å². The Labute approximate surface area is 135 Å². The minimum absolute atomic E-state index is 0.640. The lowest BCUT2D eigenvalue weighted by Crippen LogP contribution is -2.36. The molecule has 1 fully saturated rings. The lowest BCUT2D eigenvalue weighted by Gasteiger charge is -2.33. The van der Waals surface area contributed by atoms with E-state index in [1.165, 1.54) is 27.6 Å². The zero-order valence-electron chi connectivity index (χ0n) is 12.5. The van der Waals surface area contributed by atoms with E-state index in [1.54, 1.807) is 0 Å². The normalized spacial score (nSPS) is 22.2. The van der Waals surface area contributed by atoms with E-state index < -0.39 is 0 Å². The second-order valence-corrected chi connectivity index (χ2v) is 6.93. The van der Waals surface area contributed by atoms with Crippen molar-refractivity contribution < 1.29 is 0 Å². The average Bonchev–Trinajstić information content (AvgIpc) is 2.49. The predicted octanol–water partition coefficient (Wildman–Crippen LogP) is 4.69. The molecule has 0 bridgehead atoms. The first-order valence-electron chi connectivity index (χ1n) is 7.75. The lowest BCUT2D eigenvalue weighted by molar-refractivity contribution is 0.323. The van der Waals surface area contributed by atoms with Crippen LogP contribution in [0.2, 0.25) is 0 Å². The lowest BCUT2D eigenvalue weighted by atomic mass is 9.78. The van der Waals surface area contributed by atoms with Gasteiger partial charge in [0, 0.05) is 4.47 Å². The minimum Gasteiger partial charge on any atom is -0.316 e. The van der Waals surface area contributed by atoms with Gasteiger partial charge in [-0.2, -0.15) is 0 Å². The van der Waals surface area contributed by atoms with Crippen LogP contribution in [0.4, 0.5) is 0 Å². The van der Waals surface area contributed by atoms with Crippen molar-refractivity contribution in [2.45, 2.75) is 25.7 Å². The van der Waals surface area contributed by atoms with E-state index in [0.717, 1.165) is 19.5 Å². The summed E-state index contributed by atoms with van der Waals surface area (Å²) >= 11 is 3.78. The van der Waals surface area contributed by atoms with Crippen LogP contribution < -0.4 is 5.32 Å². The van der Waals surface area contributed by atoms with E-state index in [2.05, 4.69) is 76.7 Å². The molecule has 1 heterocycles. The topological polar surface area (TPSA) is 12.0 Å². The summed E-state index contributed by atoms with van der Waals surface area (Å²) in [6.07, 6.45) is 2.37. The second-order valence-electron chi connectivity index (χ2n) is 6.07. The summed E-state index contributed by atoms with van der Waals surface area (Å²) in [5, 5.41) is 3.57. The maximum atomic E-state index is 3.78. The fourth-order valence-corrected chi connectivity index (χ4v) is 4.18. The molecule has 0 radical (unpaired) electrons. The van der Waals surface area contributed by atoms with Crippen LogP contribution >= 0.6 is 15.9 Å². The first kappa shape index (κ1) is 14.8. The Balaban J connectivity index is 1.84. The van der Waals surface area contributed by atoms with Crippen molar-refractivity contribution in [1.29, 1.82) is 0 Å². The molecule has 110 valence electrons. The fraction of sp³-hybridized carbons (Fsp3) is 0.368. The molecule has 0 aromatic heterocycles. The summed E-state index contributed by atoms with van der Waals surface area (Å²) in [6.45, 7) is 4.38. The Morgan fingerprint density at radius 1 is 1.14 bits per heavy atom. The van der Waals surface area contributed by atoms with Gasteiger partial charge in [-0.25, -0.2) is 0 Å². The Kier molecular flexibility index (Phi) is 4.77. The highest BCUT2D eigenvalue weighted by Gasteiger charge is 2.27. The number of halogens is 1. The summed E-state index contributed by atoms with van der Waals surface area (Å²) < 4.78 is 1.27. The van der Waals surface area contributed by atoms with Crippen LogP contribution in [0.1, 0.15) is 29.0 Å². The Morgan fingerprint density at radius 3 is 2.71 bits per heavy atom. The first-order chi connectivity index (χ1) is 10.2. The zero-order valence-corrected chi connectivity index (χ0v) is 14.1. The second kappa shape index (κ2) is 6.76. The molecule has 1 aliphatic heterocycles. The monoisotopic (exact) mass is 343 g/mol. The van der Waals surface area contributed by atoms with Crippen LogP contribution in [0, 0.1) is 12.8 Å². The molecule has 3 rings (SSSR count). The summed E-state index contributed by atoms with van der Waals surface area (Å²) in [5.74, 6) is 1.31. The van der Waals surface area contributed by atoms with Gasteiger partial charge in [0.05, 0.1) is 0 Å². The predicted molar refractivity (Wildman–Crippen MR) is 92.7 cm³/mol. The Morgan fingerprint density at radius 2 is 1.95 bits per heavy atom. The maximum Gasteiger partial charge on any atom is 0.0212 e. The molecule has 2 aromatic rings. The van der Waals surface area contributed by atoms with Crippen molar-refractivity contribution in [2.24, 2.45) is 5.92 Å². The summed E-state index contributed by atoms with van der Waals surface area (Å²) in [4.78, 5) is 0. The average molecular weight is 344 g/mol. The smallest absolute Gasteiger partial charge is 0.0212 e. The van der Waals surface area contributed by atoms with Gasteiger partial charge >= 0.3 is 0 Å². The van der Waals surface area contributed by atoms with E-state index in [-0.39, 0.29) is 0 Å². The molecule has 1 N–H and O–H groups in total. The molecule has 1 aliphatic rings. The number of hydrogen-bond acceptors (Lipinski definition) is 1. The van der Waals surface area contributed by atoms with Crippen LogP contribution in [0.5, 0.6) is 0 Å². The SMILES string of the molecule is Cc1ccc(C2CCNCC2Cc2ccccc2)c(Br)c1. The highest BCUT2D eigenvalue weighted by molar-refractivity contribution is 9.10. The van der Waals surface area contributed by atoms with Gasteiger partial charge in [-0.05, 0) is 67.4 Å². The number of nitrogens with one attached hydrogen (secondary N) is 1. The molecular weight excluding hydrogens is 322 g/mol. The van der Waals surface area contributed by atoms with E-state index in [1.807, 2.05) is 0 Å². The van der Waals surface area contributed by atoms with Crippen molar-refractivity contribution in [3.63, 3.8) is 0 Å². The van der Waals surface area contributed by atoms with Gasteiger partial charge in [0.1, 0.15) is 0 Å². The third-order valence-corrected chi connectivity index (χ3v) is 5.19. The fourth-order valence-electron chi connectivity index (χ4n) is 3.40. The van der Waals surface area contributed by atoms with Gasteiger partial charge in [-0.3, -0.25) is 0 Å². The van der Waals surface area contributed by atoms with Crippen LogP contribution in [0.25, 0.3) is 0 Å². The van der Waals surface area contributed by atoms with Crippen LogP contribution in [-0.2, 0) is 6.42 Å². The van der Waals surface area contributed by atoms with Crippen molar-refractivity contribution in [3.05, 3.63) is 69.7 Å². The highest BCUT2D eigenvalue weighted by atomic mass is 79.9. The van der Waals surface area contributed by atoms with Crippen molar-refractivity contribution in [1.82, 2.24) is 5.32 Å². The third kappa shape index (κ3) is 3.56. The molecule has 0 aliphatic carbocycles. The Hall–Kier alpha value is -1.12. The number of piperidine rings is 1.